The molecule has 1 fully saturated rings. The van der Waals surface area contributed by atoms with Gasteiger partial charge in [0, 0.05) is 6.42 Å². The van der Waals surface area contributed by atoms with Gasteiger partial charge in [-0.2, -0.15) is 0 Å². The molecule has 0 saturated carbocycles. The Morgan fingerprint density at radius 1 is 1.59 bits per heavy atom. The summed E-state index contributed by atoms with van der Waals surface area (Å²) in [6, 6.07) is -1.49. The van der Waals surface area contributed by atoms with Gasteiger partial charge in [0.25, 0.3) is 0 Å². The molecule has 17 heavy (non-hydrogen) atoms. The van der Waals surface area contributed by atoms with Crippen LogP contribution in [0.2, 0.25) is 0 Å². The van der Waals surface area contributed by atoms with E-state index in [4.69, 9.17) is 5.11 Å². The Balaban J connectivity index is 2.58. The molecule has 1 heterocycles. The lowest BCUT2D eigenvalue weighted by molar-refractivity contribution is -0.143. The minimum atomic E-state index is -1.04. The van der Waals surface area contributed by atoms with Gasteiger partial charge in [0.2, 0.25) is 11.8 Å². The van der Waals surface area contributed by atoms with Crippen LogP contribution in [0.5, 0.6) is 0 Å². The van der Waals surface area contributed by atoms with E-state index >= 15 is 0 Å². The molecule has 96 valence electrons. The average Bonchev–Trinajstić information content (AvgIpc) is 2.71. The summed E-state index contributed by atoms with van der Waals surface area (Å²) in [6.07, 6.45) is 1.41. The Bertz CT molecular complexity index is 329. The summed E-state index contributed by atoms with van der Waals surface area (Å²) in [4.78, 5) is 33.7. The number of carbonyl (C=O) groups excluding carboxylic acids is 2. The maximum atomic E-state index is 11.7. The van der Waals surface area contributed by atoms with Gasteiger partial charge in [-0.3, -0.25) is 9.59 Å². The molecule has 0 spiro atoms. The van der Waals surface area contributed by atoms with Crippen molar-refractivity contribution in [3.05, 3.63) is 0 Å². The SMILES string of the molecule is CC[C@@H](C)[C@@H](NC(=O)[C@H]1CCC(=O)N1)C(=O)O. The Morgan fingerprint density at radius 3 is 2.65 bits per heavy atom. The highest BCUT2D eigenvalue weighted by Gasteiger charge is 2.32. The molecule has 0 aliphatic carbocycles. The largest absolute Gasteiger partial charge is 0.480 e. The van der Waals surface area contributed by atoms with Crippen LogP contribution in [0.25, 0.3) is 0 Å². The fraction of sp³-hybridized carbons (Fsp3) is 0.727. The monoisotopic (exact) mass is 242 g/mol. The first-order chi connectivity index (χ1) is 7.95. The second-order valence-electron chi connectivity index (χ2n) is 4.37. The van der Waals surface area contributed by atoms with E-state index in [9.17, 15) is 14.4 Å². The fourth-order valence-electron chi connectivity index (χ4n) is 1.75. The minimum Gasteiger partial charge on any atom is -0.480 e. The number of hydrogen-bond acceptors (Lipinski definition) is 3. The number of carbonyl (C=O) groups is 3. The van der Waals surface area contributed by atoms with Gasteiger partial charge in [0.1, 0.15) is 12.1 Å². The van der Waals surface area contributed by atoms with Crippen LogP contribution in [0.3, 0.4) is 0 Å². The third-order valence-electron chi connectivity index (χ3n) is 3.09. The summed E-state index contributed by atoms with van der Waals surface area (Å²) in [5, 5.41) is 14.0. The van der Waals surface area contributed by atoms with E-state index in [-0.39, 0.29) is 11.8 Å². The molecule has 0 aromatic carbocycles. The first kappa shape index (κ1) is 13.5. The third-order valence-corrected chi connectivity index (χ3v) is 3.09. The van der Waals surface area contributed by atoms with Crippen LogP contribution in [-0.2, 0) is 14.4 Å². The highest BCUT2D eigenvalue weighted by molar-refractivity contribution is 5.92. The molecular weight excluding hydrogens is 224 g/mol. The predicted octanol–water partition coefficient (Wildman–Crippen LogP) is -0.119. The Kier molecular flexibility index (Phi) is 4.48. The Morgan fingerprint density at radius 2 is 2.24 bits per heavy atom. The zero-order valence-electron chi connectivity index (χ0n) is 10.0. The second-order valence-corrected chi connectivity index (χ2v) is 4.37. The number of amides is 2. The molecule has 6 nitrogen and oxygen atoms in total. The van der Waals surface area contributed by atoms with Crippen LogP contribution in [0, 0.1) is 5.92 Å². The molecule has 1 rings (SSSR count). The van der Waals surface area contributed by atoms with E-state index in [1.807, 2.05) is 6.92 Å². The lowest BCUT2D eigenvalue weighted by Crippen LogP contribution is -2.51. The van der Waals surface area contributed by atoms with Gasteiger partial charge >= 0.3 is 5.97 Å². The number of hydrogen-bond donors (Lipinski definition) is 3. The Hall–Kier alpha value is -1.59. The van der Waals surface area contributed by atoms with E-state index in [0.717, 1.165) is 0 Å². The van der Waals surface area contributed by atoms with Crippen molar-refractivity contribution in [2.75, 3.05) is 0 Å². The van der Waals surface area contributed by atoms with Crippen LogP contribution in [-0.4, -0.2) is 35.0 Å². The van der Waals surface area contributed by atoms with Crippen molar-refractivity contribution in [1.82, 2.24) is 10.6 Å². The maximum Gasteiger partial charge on any atom is 0.326 e. The first-order valence-corrected chi connectivity index (χ1v) is 5.78. The maximum absolute atomic E-state index is 11.7. The molecule has 0 aromatic rings. The van der Waals surface area contributed by atoms with Gasteiger partial charge in [0.05, 0.1) is 0 Å². The molecule has 1 aliphatic heterocycles. The normalized spacial score (nSPS) is 22.7. The van der Waals surface area contributed by atoms with E-state index < -0.39 is 24.0 Å². The van der Waals surface area contributed by atoms with Crippen LogP contribution >= 0.6 is 0 Å². The number of aliphatic carboxylic acids is 1. The van der Waals surface area contributed by atoms with Crippen LogP contribution < -0.4 is 10.6 Å². The predicted molar refractivity (Wildman–Crippen MR) is 60.2 cm³/mol. The molecule has 0 aromatic heterocycles. The molecule has 3 atom stereocenters. The first-order valence-electron chi connectivity index (χ1n) is 5.78. The van der Waals surface area contributed by atoms with Gasteiger partial charge in [-0.1, -0.05) is 20.3 Å². The summed E-state index contributed by atoms with van der Waals surface area (Å²) in [7, 11) is 0. The molecule has 2 amide bonds. The van der Waals surface area contributed by atoms with Crippen molar-refractivity contribution < 1.29 is 19.5 Å². The van der Waals surface area contributed by atoms with Gasteiger partial charge in [-0.05, 0) is 12.3 Å². The van der Waals surface area contributed by atoms with Crippen molar-refractivity contribution in [1.29, 1.82) is 0 Å². The summed E-state index contributed by atoms with van der Waals surface area (Å²) in [5.41, 5.74) is 0. The number of nitrogens with one attached hydrogen (secondary N) is 2. The summed E-state index contributed by atoms with van der Waals surface area (Å²) in [5.74, 6) is -1.77. The molecule has 3 N–H and O–H groups in total. The van der Waals surface area contributed by atoms with Crippen molar-refractivity contribution in [2.24, 2.45) is 5.92 Å². The lowest BCUT2D eigenvalue weighted by Gasteiger charge is -2.21. The molecule has 0 radical (unpaired) electrons. The fourth-order valence-corrected chi connectivity index (χ4v) is 1.75. The zero-order valence-corrected chi connectivity index (χ0v) is 10.0. The standard InChI is InChI=1S/C11H18N2O4/c1-3-6(2)9(11(16)17)13-10(15)7-4-5-8(14)12-7/h6-7,9H,3-5H2,1-2H3,(H,12,14)(H,13,15)(H,16,17)/t6-,7-,9-/m1/s1. The lowest BCUT2D eigenvalue weighted by atomic mass is 9.99. The second kappa shape index (κ2) is 5.65. The summed E-state index contributed by atoms with van der Waals surface area (Å²) >= 11 is 0. The van der Waals surface area contributed by atoms with E-state index in [2.05, 4.69) is 10.6 Å². The topological polar surface area (TPSA) is 95.5 Å². The third kappa shape index (κ3) is 3.44. The molecule has 0 bridgehead atoms. The molecule has 1 saturated heterocycles. The van der Waals surface area contributed by atoms with Crippen molar-refractivity contribution >= 4 is 17.8 Å². The van der Waals surface area contributed by atoms with E-state index in [0.29, 0.717) is 19.3 Å². The summed E-state index contributed by atoms with van der Waals surface area (Å²) < 4.78 is 0. The highest BCUT2D eigenvalue weighted by Crippen LogP contribution is 2.11. The van der Waals surface area contributed by atoms with Gasteiger partial charge in [-0.25, -0.2) is 4.79 Å². The average molecular weight is 242 g/mol. The molecule has 0 unspecified atom stereocenters. The van der Waals surface area contributed by atoms with Crippen molar-refractivity contribution in [2.45, 2.75) is 45.2 Å². The molecule has 1 aliphatic rings. The number of carboxylic acid groups (broad SMARTS) is 1. The minimum absolute atomic E-state index is 0.145. The zero-order chi connectivity index (χ0) is 13.0. The van der Waals surface area contributed by atoms with E-state index in [1.54, 1.807) is 6.92 Å². The van der Waals surface area contributed by atoms with Gasteiger partial charge in [-0.15, -0.1) is 0 Å². The summed E-state index contributed by atoms with van der Waals surface area (Å²) in [6.45, 7) is 3.64. The van der Waals surface area contributed by atoms with E-state index in [1.165, 1.54) is 0 Å². The quantitative estimate of drug-likeness (QED) is 0.626. The highest BCUT2D eigenvalue weighted by atomic mass is 16.4. The van der Waals surface area contributed by atoms with Crippen LogP contribution in [0.4, 0.5) is 0 Å². The Labute approximate surface area is 99.8 Å². The van der Waals surface area contributed by atoms with Crippen molar-refractivity contribution in [3.63, 3.8) is 0 Å². The van der Waals surface area contributed by atoms with Crippen LogP contribution in [0.1, 0.15) is 33.1 Å². The van der Waals surface area contributed by atoms with Gasteiger partial charge < -0.3 is 15.7 Å². The number of rotatable bonds is 5. The molecular formula is C11H18N2O4. The number of carboxylic acids is 1. The molecule has 6 heteroatoms. The van der Waals surface area contributed by atoms with Crippen molar-refractivity contribution in [3.8, 4) is 0 Å². The van der Waals surface area contributed by atoms with Crippen LogP contribution in [0.15, 0.2) is 0 Å². The smallest absolute Gasteiger partial charge is 0.326 e. The van der Waals surface area contributed by atoms with Gasteiger partial charge in [0.15, 0.2) is 0 Å².